The van der Waals surface area contributed by atoms with Crippen molar-refractivity contribution in [2.24, 2.45) is 0 Å². The van der Waals surface area contributed by atoms with Crippen LogP contribution in [0.5, 0.6) is 11.5 Å². The van der Waals surface area contributed by atoms with Crippen molar-refractivity contribution in [1.82, 2.24) is 5.32 Å². The Labute approximate surface area is 125 Å². The second kappa shape index (κ2) is 7.36. The van der Waals surface area contributed by atoms with Crippen molar-refractivity contribution in [3.05, 3.63) is 54.1 Å². The molecule has 20 heavy (non-hydrogen) atoms. The fourth-order valence-corrected chi connectivity index (χ4v) is 2.63. The van der Waals surface area contributed by atoms with Crippen molar-refractivity contribution in [2.45, 2.75) is 24.8 Å². The van der Waals surface area contributed by atoms with Gasteiger partial charge in [0.25, 0.3) is 0 Å². The highest BCUT2D eigenvalue weighted by Crippen LogP contribution is 2.32. The standard InChI is InChI=1S/C17H21NOS/c1-4-18-13(2)14-8-7-9-15(12-14)19-16-10-5-6-11-17(16)20-3/h5-13,18H,4H2,1-3H3. The summed E-state index contributed by atoms with van der Waals surface area (Å²) < 4.78 is 6.02. The average molecular weight is 287 g/mol. The van der Waals surface area contributed by atoms with Crippen LogP contribution in [-0.2, 0) is 0 Å². The molecule has 0 aromatic heterocycles. The lowest BCUT2D eigenvalue weighted by Gasteiger charge is -2.15. The highest BCUT2D eigenvalue weighted by Gasteiger charge is 2.07. The van der Waals surface area contributed by atoms with Crippen LogP contribution in [0.1, 0.15) is 25.5 Å². The summed E-state index contributed by atoms with van der Waals surface area (Å²) in [5.74, 6) is 1.79. The van der Waals surface area contributed by atoms with Crippen molar-refractivity contribution in [3.8, 4) is 11.5 Å². The smallest absolute Gasteiger partial charge is 0.140 e. The van der Waals surface area contributed by atoms with Crippen LogP contribution in [0, 0.1) is 0 Å². The fourth-order valence-electron chi connectivity index (χ4n) is 2.10. The largest absolute Gasteiger partial charge is 0.456 e. The molecule has 2 aromatic carbocycles. The molecule has 3 heteroatoms. The van der Waals surface area contributed by atoms with E-state index >= 15 is 0 Å². The van der Waals surface area contributed by atoms with Gasteiger partial charge in [-0.3, -0.25) is 0 Å². The number of benzene rings is 2. The Balaban J connectivity index is 2.19. The van der Waals surface area contributed by atoms with Crippen molar-refractivity contribution < 1.29 is 4.74 Å². The highest BCUT2D eigenvalue weighted by molar-refractivity contribution is 7.98. The zero-order chi connectivity index (χ0) is 14.4. The van der Waals surface area contributed by atoms with E-state index in [1.54, 1.807) is 11.8 Å². The predicted octanol–water partition coefficient (Wildman–Crippen LogP) is 4.87. The average Bonchev–Trinajstić information content (AvgIpc) is 2.48. The van der Waals surface area contributed by atoms with E-state index in [-0.39, 0.29) is 0 Å². The van der Waals surface area contributed by atoms with E-state index in [9.17, 15) is 0 Å². The summed E-state index contributed by atoms with van der Waals surface area (Å²) in [5.41, 5.74) is 1.24. The van der Waals surface area contributed by atoms with Gasteiger partial charge in [-0.15, -0.1) is 11.8 Å². The SMILES string of the molecule is CCNC(C)c1cccc(Oc2ccccc2SC)c1. The maximum atomic E-state index is 6.02. The summed E-state index contributed by atoms with van der Waals surface area (Å²) in [5, 5.41) is 3.42. The number of nitrogens with one attached hydrogen (secondary N) is 1. The Bertz CT molecular complexity index is 556. The van der Waals surface area contributed by atoms with E-state index in [1.165, 1.54) is 5.56 Å². The van der Waals surface area contributed by atoms with E-state index in [0.717, 1.165) is 22.9 Å². The predicted molar refractivity (Wildman–Crippen MR) is 86.8 cm³/mol. The van der Waals surface area contributed by atoms with Crippen LogP contribution >= 0.6 is 11.8 Å². The minimum atomic E-state index is 0.333. The zero-order valence-corrected chi connectivity index (χ0v) is 13.0. The third-order valence-electron chi connectivity index (χ3n) is 3.17. The summed E-state index contributed by atoms with van der Waals surface area (Å²) in [6.45, 7) is 5.24. The van der Waals surface area contributed by atoms with Gasteiger partial charge < -0.3 is 10.1 Å². The molecule has 106 valence electrons. The molecule has 0 amide bonds. The van der Waals surface area contributed by atoms with Crippen LogP contribution in [0.2, 0.25) is 0 Å². The minimum absolute atomic E-state index is 0.333. The molecular weight excluding hydrogens is 266 g/mol. The molecule has 1 N–H and O–H groups in total. The molecular formula is C17H21NOS. The first-order valence-corrected chi connectivity index (χ1v) is 8.11. The Kier molecular flexibility index (Phi) is 5.50. The summed E-state index contributed by atoms with van der Waals surface area (Å²) >= 11 is 1.70. The molecule has 1 atom stereocenters. The molecule has 0 fully saturated rings. The molecule has 0 heterocycles. The van der Waals surface area contributed by atoms with Gasteiger partial charge in [0, 0.05) is 10.9 Å². The van der Waals surface area contributed by atoms with Gasteiger partial charge in [0.05, 0.1) is 0 Å². The Morgan fingerprint density at radius 2 is 1.95 bits per heavy atom. The zero-order valence-electron chi connectivity index (χ0n) is 12.2. The van der Waals surface area contributed by atoms with Crippen molar-refractivity contribution in [1.29, 1.82) is 0 Å². The molecule has 0 saturated heterocycles. The first-order valence-electron chi connectivity index (χ1n) is 6.88. The van der Waals surface area contributed by atoms with Crippen LogP contribution in [0.3, 0.4) is 0 Å². The van der Waals surface area contributed by atoms with Crippen molar-refractivity contribution in [3.63, 3.8) is 0 Å². The first kappa shape index (κ1) is 14.9. The van der Waals surface area contributed by atoms with E-state index < -0.39 is 0 Å². The van der Waals surface area contributed by atoms with Crippen LogP contribution in [0.25, 0.3) is 0 Å². The molecule has 0 aliphatic rings. The fraction of sp³-hybridized carbons (Fsp3) is 0.294. The topological polar surface area (TPSA) is 21.3 Å². The molecule has 1 unspecified atom stereocenters. The van der Waals surface area contributed by atoms with Gasteiger partial charge in [-0.05, 0) is 49.6 Å². The van der Waals surface area contributed by atoms with Gasteiger partial charge >= 0.3 is 0 Å². The lowest BCUT2D eigenvalue weighted by Crippen LogP contribution is -2.17. The molecule has 2 nitrogen and oxygen atoms in total. The first-order chi connectivity index (χ1) is 9.74. The number of thioether (sulfide) groups is 1. The molecule has 0 saturated carbocycles. The third-order valence-corrected chi connectivity index (χ3v) is 3.94. The van der Waals surface area contributed by atoms with E-state index in [0.29, 0.717) is 6.04 Å². The van der Waals surface area contributed by atoms with Crippen molar-refractivity contribution in [2.75, 3.05) is 12.8 Å². The third kappa shape index (κ3) is 3.78. The summed E-state index contributed by atoms with van der Waals surface area (Å²) in [4.78, 5) is 1.15. The summed E-state index contributed by atoms with van der Waals surface area (Å²) in [7, 11) is 0. The van der Waals surface area contributed by atoms with Crippen LogP contribution in [-0.4, -0.2) is 12.8 Å². The minimum Gasteiger partial charge on any atom is -0.456 e. The van der Waals surface area contributed by atoms with Gasteiger partial charge in [-0.25, -0.2) is 0 Å². The highest BCUT2D eigenvalue weighted by atomic mass is 32.2. The summed E-state index contributed by atoms with van der Waals surface area (Å²) in [6.07, 6.45) is 2.06. The number of para-hydroxylation sites is 1. The van der Waals surface area contributed by atoms with E-state index in [1.807, 2.05) is 30.3 Å². The summed E-state index contributed by atoms with van der Waals surface area (Å²) in [6, 6.07) is 16.7. The van der Waals surface area contributed by atoms with Crippen LogP contribution in [0.15, 0.2) is 53.4 Å². The monoisotopic (exact) mass is 287 g/mol. The second-order valence-corrected chi connectivity index (χ2v) is 5.45. The molecule has 0 bridgehead atoms. The van der Waals surface area contributed by atoms with E-state index in [4.69, 9.17) is 4.74 Å². The van der Waals surface area contributed by atoms with Crippen molar-refractivity contribution >= 4 is 11.8 Å². The van der Waals surface area contributed by atoms with E-state index in [2.05, 4.69) is 43.6 Å². The maximum Gasteiger partial charge on any atom is 0.140 e. The van der Waals surface area contributed by atoms with Gasteiger partial charge in [0.1, 0.15) is 11.5 Å². The van der Waals surface area contributed by atoms with Gasteiger partial charge in [0.2, 0.25) is 0 Å². The lowest BCUT2D eigenvalue weighted by atomic mass is 10.1. The van der Waals surface area contributed by atoms with Crippen LogP contribution in [0.4, 0.5) is 0 Å². The number of rotatable bonds is 6. The van der Waals surface area contributed by atoms with Gasteiger partial charge in [0.15, 0.2) is 0 Å². The second-order valence-electron chi connectivity index (χ2n) is 4.60. The quantitative estimate of drug-likeness (QED) is 0.766. The number of ether oxygens (including phenoxy) is 1. The van der Waals surface area contributed by atoms with Gasteiger partial charge in [-0.1, -0.05) is 31.2 Å². The molecule has 2 rings (SSSR count). The maximum absolute atomic E-state index is 6.02. The lowest BCUT2D eigenvalue weighted by molar-refractivity contribution is 0.469. The van der Waals surface area contributed by atoms with Gasteiger partial charge in [-0.2, -0.15) is 0 Å². The molecule has 0 spiro atoms. The van der Waals surface area contributed by atoms with Crippen LogP contribution < -0.4 is 10.1 Å². The molecule has 0 aliphatic heterocycles. The molecule has 2 aromatic rings. The molecule has 0 aliphatic carbocycles. The Hall–Kier alpha value is -1.45. The number of hydrogen-bond donors (Lipinski definition) is 1. The number of hydrogen-bond acceptors (Lipinski definition) is 3. The Morgan fingerprint density at radius 3 is 2.70 bits per heavy atom. The molecule has 0 radical (unpaired) electrons. The normalized spacial score (nSPS) is 12.2. The Morgan fingerprint density at radius 1 is 1.15 bits per heavy atom.